The van der Waals surface area contributed by atoms with E-state index in [2.05, 4.69) is 15.5 Å². The molecular weight excluding hydrogens is 621 g/mol. The highest BCUT2D eigenvalue weighted by atomic mass is 32.2. The first-order valence-electron chi connectivity index (χ1n) is 12.5. The molecule has 222 valence electrons. The molecule has 6 rings (SSSR count). The molecule has 5 heterocycles. The van der Waals surface area contributed by atoms with Crippen molar-refractivity contribution >= 4 is 81.3 Å². The van der Waals surface area contributed by atoms with Crippen LogP contribution in [0.3, 0.4) is 0 Å². The average Bonchev–Trinajstić information content (AvgIpc) is 3.61. The van der Waals surface area contributed by atoms with Gasteiger partial charge in [-0.05, 0) is 30.7 Å². The highest BCUT2D eigenvalue weighted by Gasteiger charge is 2.57. The quantitative estimate of drug-likeness (QED) is 0.119. The van der Waals surface area contributed by atoms with Crippen LogP contribution in [0.5, 0.6) is 11.5 Å². The minimum atomic E-state index is -1.28. The lowest BCUT2D eigenvalue weighted by atomic mass is 10.0. The fourth-order valence-corrected chi connectivity index (χ4v) is 7.97. The van der Waals surface area contributed by atoms with Crippen LogP contribution < -0.4 is 21.2 Å². The Morgan fingerprint density at radius 1 is 1.30 bits per heavy atom. The second-order valence-corrected chi connectivity index (χ2v) is 12.5. The number of β-lactam (4-membered cyclic amide) rings is 1. The molecule has 2 atom stereocenters. The molecule has 4 aliphatic rings. The number of aliphatic imine (C=N–C) groups is 1. The molecule has 1 aromatic heterocycles. The van der Waals surface area contributed by atoms with Crippen molar-refractivity contribution in [2.45, 2.75) is 18.3 Å². The zero-order valence-electron chi connectivity index (χ0n) is 22.1. The van der Waals surface area contributed by atoms with Gasteiger partial charge in [-0.25, -0.2) is 19.8 Å². The zero-order chi connectivity index (χ0) is 30.6. The highest BCUT2D eigenvalue weighted by molar-refractivity contribution is 8.03. The van der Waals surface area contributed by atoms with E-state index in [0.29, 0.717) is 27.8 Å². The molecule has 43 heavy (non-hydrogen) atoms. The molecule has 2 amide bonds. The lowest BCUT2D eigenvalue weighted by Crippen LogP contribution is -2.72. The molecule has 0 unspecified atom stereocenters. The number of rotatable bonds is 8. The van der Waals surface area contributed by atoms with Crippen molar-refractivity contribution in [1.29, 1.82) is 0 Å². The van der Waals surface area contributed by atoms with Crippen molar-refractivity contribution in [3.05, 3.63) is 58.0 Å². The third kappa shape index (κ3) is 4.97. The zero-order valence-corrected chi connectivity index (χ0v) is 24.5. The summed E-state index contributed by atoms with van der Waals surface area (Å²) in [5.41, 5.74) is 10.4. The summed E-state index contributed by atoms with van der Waals surface area (Å²) in [6, 6.07) is 3.24. The number of hydrazine groups is 2. The molecule has 4 aliphatic heterocycles. The smallest absolute Gasteiger partial charge is 0.352 e. The van der Waals surface area contributed by atoms with Crippen LogP contribution in [-0.2, 0) is 19.2 Å². The van der Waals surface area contributed by atoms with Gasteiger partial charge in [0.15, 0.2) is 22.5 Å². The molecule has 6 N–H and O–H groups in total. The van der Waals surface area contributed by atoms with Gasteiger partial charge in [-0.15, -0.1) is 40.4 Å². The Hall–Kier alpha value is -4.52. The molecule has 0 spiro atoms. The predicted molar refractivity (Wildman–Crippen MR) is 161 cm³/mol. The number of hydrogen-bond acceptors (Lipinski definition) is 15. The number of aldehydes is 1. The number of nitrogens with two attached hydrogens (primary N) is 1. The van der Waals surface area contributed by atoms with Gasteiger partial charge in [0.2, 0.25) is 6.29 Å². The summed E-state index contributed by atoms with van der Waals surface area (Å²) in [5, 5.41) is 34.6. The number of carbonyl (C=O) groups is 4. The van der Waals surface area contributed by atoms with Crippen LogP contribution in [0.15, 0.2) is 63.0 Å². The van der Waals surface area contributed by atoms with Crippen LogP contribution in [0.25, 0.3) is 0 Å². The van der Waals surface area contributed by atoms with E-state index in [1.54, 1.807) is 22.3 Å². The lowest BCUT2D eigenvalue weighted by Gasteiger charge is -2.52. The van der Waals surface area contributed by atoms with E-state index >= 15 is 0 Å². The summed E-state index contributed by atoms with van der Waals surface area (Å²) in [5.74, 6) is -2.36. The number of carbonyl (C=O) groups excluding carboxylic acids is 3. The van der Waals surface area contributed by atoms with Crippen LogP contribution >= 0.6 is 34.9 Å². The second-order valence-electron chi connectivity index (χ2n) is 9.47. The molecule has 1 saturated heterocycles. The summed E-state index contributed by atoms with van der Waals surface area (Å²) < 4.78 is 0. The SMILES string of the molecule is CC1=NC2=CN(c3ccc(O)c(O)c3)NN2C(SCC2=C(C(=O)O)N3C(=O)[C@@H](N(C(=O)C=O)c4csc(N)n4)[C@H]3SC2)=C1. The number of phenolic OH excluding ortho intramolecular Hbond substituents is 2. The van der Waals surface area contributed by atoms with Gasteiger partial charge >= 0.3 is 5.97 Å². The fraction of sp³-hybridized carbons (Fsp3) is 0.200. The average molecular weight is 643 g/mol. The van der Waals surface area contributed by atoms with E-state index in [1.807, 2.05) is 13.0 Å². The van der Waals surface area contributed by atoms with Crippen molar-refractivity contribution in [1.82, 2.24) is 20.4 Å². The molecule has 1 aromatic carbocycles. The van der Waals surface area contributed by atoms with Crippen molar-refractivity contribution in [2.24, 2.45) is 4.99 Å². The molecule has 2 aromatic rings. The minimum Gasteiger partial charge on any atom is -0.504 e. The molecular formula is C25H22N8O7S3. The van der Waals surface area contributed by atoms with Crippen molar-refractivity contribution < 1.29 is 34.5 Å². The van der Waals surface area contributed by atoms with Crippen LogP contribution in [0.1, 0.15) is 6.92 Å². The highest BCUT2D eigenvalue weighted by Crippen LogP contribution is 2.45. The van der Waals surface area contributed by atoms with Gasteiger partial charge in [-0.1, -0.05) is 0 Å². The molecule has 0 radical (unpaired) electrons. The number of nitrogens with zero attached hydrogens (tertiary/aromatic N) is 6. The van der Waals surface area contributed by atoms with E-state index in [4.69, 9.17) is 5.73 Å². The van der Waals surface area contributed by atoms with E-state index in [-0.39, 0.29) is 45.9 Å². The van der Waals surface area contributed by atoms with E-state index in [0.717, 1.165) is 21.1 Å². The number of amides is 2. The molecule has 0 aliphatic carbocycles. The number of thiazole rings is 1. The Morgan fingerprint density at radius 2 is 2.09 bits per heavy atom. The number of carboxylic acid groups (broad SMARTS) is 1. The van der Waals surface area contributed by atoms with Crippen LogP contribution in [0.4, 0.5) is 16.6 Å². The maximum absolute atomic E-state index is 13.4. The molecule has 0 saturated carbocycles. The fourth-order valence-electron chi connectivity index (χ4n) is 4.84. The molecule has 18 heteroatoms. The van der Waals surface area contributed by atoms with Gasteiger partial charge in [0, 0.05) is 28.7 Å². The first-order valence-corrected chi connectivity index (χ1v) is 15.4. The summed E-state index contributed by atoms with van der Waals surface area (Å²) in [6.45, 7) is 1.82. The lowest BCUT2D eigenvalue weighted by molar-refractivity contribution is -0.149. The van der Waals surface area contributed by atoms with E-state index < -0.39 is 29.2 Å². The molecule has 0 bridgehead atoms. The number of carboxylic acids is 1. The van der Waals surface area contributed by atoms with Crippen LogP contribution in [0, 0.1) is 0 Å². The number of aromatic nitrogens is 1. The van der Waals surface area contributed by atoms with Crippen LogP contribution in [-0.4, -0.2) is 82.9 Å². The Balaban J connectivity index is 1.21. The number of hydrogen-bond donors (Lipinski definition) is 5. The van der Waals surface area contributed by atoms with Gasteiger partial charge in [0.05, 0.1) is 16.9 Å². The summed E-state index contributed by atoms with van der Waals surface area (Å²) in [7, 11) is 0. The first kappa shape index (κ1) is 28.6. The van der Waals surface area contributed by atoms with Gasteiger partial charge in [0.25, 0.3) is 11.8 Å². The third-order valence-corrected chi connectivity index (χ3v) is 9.83. The number of benzene rings is 1. The van der Waals surface area contributed by atoms with Gasteiger partial charge in [-0.3, -0.25) is 29.2 Å². The summed E-state index contributed by atoms with van der Waals surface area (Å²) in [4.78, 5) is 60.4. The standard InChI is InChI=1S/C25H22N8O7S3/c1-11-4-19(33-16(27-11)6-30(29-33)13-2-3-14(35)15(36)5-13)41-8-12-9-42-23-21(22(38)32(23)20(12)24(39)40)31(18(37)7-34)17-10-43-25(26)28-17/h2-7,10,21,23,29,35-36H,8-9H2,1H3,(H2,26,28)(H,39,40)/t21-,23-/m1/s1. The summed E-state index contributed by atoms with van der Waals surface area (Å²) in [6.07, 6.45) is 3.60. The summed E-state index contributed by atoms with van der Waals surface area (Å²) >= 11 is 3.66. The van der Waals surface area contributed by atoms with Crippen molar-refractivity contribution in [2.75, 3.05) is 27.1 Å². The Morgan fingerprint density at radius 3 is 2.77 bits per heavy atom. The van der Waals surface area contributed by atoms with Gasteiger partial charge in [0.1, 0.15) is 22.9 Å². The second kappa shape index (κ2) is 11.0. The minimum absolute atomic E-state index is 0.0557. The number of phenols is 2. The Kier molecular flexibility index (Phi) is 7.28. The van der Waals surface area contributed by atoms with Crippen molar-refractivity contribution in [3.8, 4) is 11.5 Å². The largest absolute Gasteiger partial charge is 0.504 e. The number of thioether (sulfide) groups is 2. The predicted octanol–water partition coefficient (Wildman–Crippen LogP) is 1.38. The topological polar surface area (TPSA) is 205 Å². The maximum atomic E-state index is 13.4. The number of allylic oxidation sites excluding steroid dienone is 1. The first-order chi connectivity index (χ1) is 20.6. The number of fused-ring (bicyclic) bond motifs is 2. The maximum Gasteiger partial charge on any atom is 0.352 e. The Labute approximate surface area is 255 Å². The number of aromatic hydroxyl groups is 2. The molecule has 1 fully saturated rings. The number of nitrogens with one attached hydrogen (secondary N) is 1. The van der Waals surface area contributed by atoms with Crippen molar-refractivity contribution in [3.63, 3.8) is 0 Å². The Bertz CT molecular complexity index is 1700. The van der Waals surface area contributed by atoms with E-state index in [1.165, 1.54) is 41.0 Å². The van der Waals surface area contributed by atoms with E-state index in [9.17, 15) is 34.5 Å². The number of aliphatic carboxylic acids is 1. The molecule has 15 nitrogen and oxygen atoms in total. The van der Waals surface area contributed by atoms with Gasteiger partial charge in [-0.2, -0.15) is 0 Å². The normalized spacial score (nSPS) is 21.0. The third-order valence-electron chi connectivity index (χ3n) is 6.75. The number of anilines is 3. The van der Waals surface area contributed by atoms with Gasteiger partial charge < -0.3 is 21.1 Å². The monoisotopic (exact) mass is 642 g/mol. The van der Waals surface area contributed by atoms with Crippen LogP contribution in [0.2, 0.25) is 0 Å². The number of nitrogen functional groups attached to an aromatic ring is 1.